The first kappa shape index (κ1) is 15.2. The molecule has 1 saturated carbocycles. The molecule has 24 heavy (non-hydrogen) atoms. The first-order chi connectivity index (χ1) is 11.5. The van der Waals surface area contributed by atoms with Gasteiger partial charge in [0.15, 0.2) is 0 Å². The highest BCUT2D eigenvalue weighted by Crippen LogP contribution is 2.45. The first-order valence-electron chi connectivity index (χ1n) is 7.89. The Balaban J connectivity index is 1.85. The molecule has 3 atom stereocenters. The van der Waals surface area contributed by atoms with Crippen molar-refractivity contribution in [1.82, 2.24) is 0 Å². The summed E-state index contributed by atoms with van der Waals surface area (Å²) in [6, 6.07) is 16.2. The summed E-state index contributed by atoms with van der Waals surface area (Å²) in [5, 5.41) is 3.41. The van der Waals surface area contributed by atoms with Crippen LogP contribution in [0, 0.1) is 0 Å². The molecule has 3 unspecified atom stereocenters. The van der Waals surface area contributed by atoms with Crippen molar-refractivity contribution in [2.24, 2.45) is 0 Å². The lowest BCUT2D eigenvalue weighted by Crippen LogP contribution is -2.51. The Bertz CT molecular complexity index is 895. The second kappa shape index (κ2) is 5.34. The summed E-state index contributed by atoms with van der Waals surface area (Å²) in [4.78, 5) is 12.7. The van der Waals surface area contributed by atoms with Gasteiger partial charge in [0.05, 0.1) is 35.6 Å². The van der Waals surface area contributed by atoms with E-state index in [0.29, 0.717) is 5.69 Å². The molecule has 0 amide bonds. The molecule has 1 fully saturated rings. The Morgan fingerprint density at radius 2 is 1.71 bits per heavy atom. The van der Waals surface area contributed by atoms with Crippen LogP contribution >= 0.6 is 0 Å². The SMILES string of the molecule is CS(=O)(=O)N1c2ccccc2NC2C(c3ccccc3)C(=O)CC21. The number of Topliss-reactive ketones (excluding diaryl/α,β-unsaturated/α-hetero) is 1. The van der Waals surface area contributed by atoms with Gasteiger partial charge in [-0.25, -0.2) is 8.42 Å². The van der Waals surface area contributed by atoms with Gasteiger partial charge in [0.25, 0.3) is 0 Å². The van der Waals surface area contributed by atoms with E-state index in [-0.39, 0.29) is 24.2 Å². The summed E-state index contributed by atoms with van der Waals surface area (Å²) in [7, 11) is -3.48. The zero-order chi connectivity index (χ0) is 16.9. The highest BCUT2D eigenvalue weighted by molar-refractivity contribution is 7.92. The molecule has 2 aliphatic rings. The highest BCUT2D eigenvalue weighted by atomic mass is 32.2. The number of carbonyl (C=O) groups is 1. The van der Waals surface area contributed by atoms with Crippen molar-refractivity contribution in [2.45, 2.75) is 24.4 Å². The van der Waals surface area contributed by atoms with Crippen LogP contribution in [0.4, 0.5) is 11.4 Å². The number of rotatable bonds is 2. The zero-order valence-electron chi connectivity index (χ0n) is 13.2. The molecule has 1 aliphatic carbocycles. The normalized spacial score (nSPS) is 25.8. The molecule has 2 aromatic carbocycles. The molecule has 6 heteroatoms. The van der Waals surface area contributed by atoms with Crippen molar-refractivity contribution in [3.05, 3.63) is 60.2 Å². The monoisotopic (exact) mass is 342 g/mol. The Hall–Kier alpha value is -2.34. The predicted molar refractivity (Wildman–Crippen MR) is 93.8 cm³/mol. The molecular weight excluding hydrogens is 324 g/mol. The summed E-state index contributed by atoms with van der Waals surface area (Å²) >= 11 is 0. The second-order valence-corrected chi connectivity index (χ2v) is 8.23. The molecule has 5 nitrogen and oxygen atoms in total. The van der Waals surface area contributed by atoms with Gasteiger partial charge in [0, 0.05) is 6.42 Å². The van der Waals surface area contributed by atoms with Gasteiger partial charge in [-0.05, 0) is 17.7 Å². The second-order valence-electron chi connectivity index (χ2n) is 6.37. The lowest BCUT2D eigenvalue weighted by Gasteiger charge is -2.40. The predicted octanol–water partition coefficient (Wildman–Crippen LogP) is 2.37. The fraction of sp³-hybridized carbons (Fsp3) is 0.278. The average Bonchev–Trinajstić information content (AvgIpc) is 2.87. The van der Waals surface area contributed by atoms with Crippen LogP contribution in [0.15, 0.2) is 54.6 Å². The maximum absolute atomic E-state index is 12.7. The molecular formula is C18H18N2O3S. The van der Waals surface area contributed by atoms with Gasteiger partial charge < -0.3 is 5.32 Å². The van der Waals surface area contributed by atoms with E-state index in [0.717, 1.165) is 11.3 Å². The van der Waals surface area contributed by atoms with Crippen molar-refractivity contribution in [1.29, 1.82) is 0 Å². The minimum absolute atomic E-state index is 0.0742. The molecule has 0 saturated heterocycles. The van der Waals surface area contributed by atoms with Gasteiger partial charge in [-0.15, -0.1) is 0 Å². The van der Waals surface area contributed by atoms with Crippen LogP contribution < -0.4 is 9.62 Å². The van der Waals surface area contributed by atoms with E-state index in [1.807, 2.05) is 48.5 Å². The molecule has 1 heterocycles. The van der Waals surface area contributed by atoms with Crippen molar-refractivity contribution in [3.8, 4) is 0 Å². The number of hydrogen-bond acceptors (Lipinski definition) is 4. The molecule has 2 aromatic rings. The summed E-state index contributed by atoms with van der Waals surface area (Å²) in [5.41, 5.74) is 2.29. The fourth-order valence-corrected chi connectivity index (χ4v) is 5.13. The number of fused-ring (bicyclic) bond motifs is 2. The molecule has 1 N–H and O–H groups in total. The molecule has 0 radical (unpaired) electrons. The number of carbonyl (C=O) groups excluding carboxylic acids is 1. The standard InChI is InChI=1S/C18H18N2O3S/c1-24(22,23)20-14-10-6-5-9-13(14)19-18-15(20)11-16(21)17(18)12-7-3-2-4-8-12/h2-10,15,17-19H,11H2,1H3. The maximum atomic E-state index is 12.7. The maximum Gasteiger partial charge on any atom is 0.232 e. The van der Waals surface area contributed by atoms with E-state index in [4.69, 9.17) is 0 Å². The number of sulfonamides is 1. The number of nitrogens with zero attached hydrogens (tertiary/aromatic N) is 1. The molecule has 4 rings (SSSR count). The number of anilines is 2. The lowest BCUT2D eigenvalue weighted by molar-refractivity contribution is -0.118. The minimum Gasteiger partial charge on any atom is -0.377 e. The van der Waals surface area contributed by atoms with Crippen molar-refractivity contribution in [3.63, 3.8) is 0 Å². The Kier molecular flexibility index (Phi) is 3.38. The Morgan fingerprint density at radius 3 is 2.42 bits per heavy atom. The first-order valence-corrected chi connectivity index (χ1v) is 9.74. The zero-order valence-corrected chi connectivity index (χ0v) is 14.0. The Labute approximate surface area is 141 Å². The molecule has 0 aromatic heterocycles. The number of hydrogen-bond donors (Lipinski definition) is 1. The summed E-state index contributed by atoms with van der Waals surface area (Å²) in [6.45, 7) is 0. The summed E-state index contributed by atoms with van der Waals surface area (Å²) < 4.78 is 26.3. The van der Waals surface area contributed by atoms with E-state index in [1.54, 1.807) is 6.07 Å². The topological polar surface area (TPSA) is 66.5 Å². The largest absolute Gasteiger partial charge is 0.377 e. The van der Waals surface area contributed by atoms with Crippen LogP contribution in [0.2, 0.25) is 0 Å². The van der Waals surface area contributed by atoms with Crippen molar-refractivity contribution in [2.75, 3.05) is 15.9 Å². The molecule has 124 valence electrons. The van der Waals surface area contributed by atoms with Gasteiger partial charge in [0.2, 0.25) is 10.0 Å². The third-order valence-electron chi connectivity index (χ3n) is 4.81. The third-order valence-corrected chi connectivity index (χ3v) is 5.99. The van der Waals surface area contributed by atoms with Crippen molar-refractivity contribution >= 4 is 27.2 Å². The van der Waals surface area contributed by atoms with E-state index in [9.17, 15) is 13.2 Å². The van der Waals surface area contributed by atoms with Crippen molar-refractivity contribution < 1.29 is 13.2 Å². The number of ketones is 1. The molecule has 1 aliphatic heterocycles. The van der Waals surface area contributed by atoms with Gasteiger partial charge in [0.1, 0.15) is 5.78 Å². The highest BCUT2D eigenvalue weighted by Gasteiger charge is 2.50. The number of nitrogens with one attached hydrogen (secondary N) is 1. The summed E-state index contributed by atoms with van der Waals surface area (Å²) in [5.74, 6) is -0.265. The van der Waals surface area contributed by atoms with Gasteiger partial charge in [-0.2, -0.15) is 0 Å². The van der Waals surface area contributed by atoms with E-state index >= 15 is 0 Å². The van der Waals surface area contributed by atoms with Crippen LogP contribution in [0.5, 0.6) is 0 Å². The molecule has 0 spiro atoms. The van der Waals surface area contributed by atoms with Gasteiger partial charge in [-0.3, -0.25) is 9.10 Å². The van der Waals surface area contributed by atoms with Gasteiger partial charge >= 0.3 is 0 Å². The Morgan fingerprint density at radius 1 is 1.04 bits per heavy atom. The number of para-hydroxylation sites is 2. The lowest BCUT2D eigenvalue weighted by atomic mass is 9.91. The quantitative estimate of drug-likeness (QED) is 0.910. The summed E-state index contributed by atoms with van der Waals surface area (Å²) in [6.07, 6.45) is 1.42. The third kappa shape index (κ3) is 2.29. The van der Waals surface area contributed by atoms with Crippen LogP contribution in [0.3, 0.4) is 0 Å². The fourth-order valence-electron chi connectivity index (χ4n) is 3.92. The molecule has 0 bridgehead atoms. The van der Waals surface area contributed by atoms with E-state index in [1.165, 1.54) is 10.6 Å². The minimum atomic E-state index is -3.48. The average molecular weight is 342 g/mol. The van der Waals surface area contributed by atoms with Crippen LogP contribution in [0.1, 0.15) is 17.9 Å². The van der Waals surface area contributed by atoms with E-state index in [2.05, 4.69) is 5.32 Å². The smallest absolute Gasteiger partial charge is 0.232 e. The van der Waals surface area contributed by atoms with Gasteiger partial charge in [-0.1, -0.05) is 42.5 Å². The van der Waals surface area contributed by atoms with Crippen LogP contribution in [-0.2, 0) is 14.8 Å². The van der Waals surface area contributed by atoms with E-state index < -0.39 is 16.1 Å². The van der Waals surface area contributed by atoms with Crippen LogP contribution in [0.25, 0.3) is 0 Å². The van der Waals surface area contributed by atoms with Crippen LogP contribution in [-0.4, -0.2) is 32.5 Å². The number of benzene rings is 2.